The third kappa shape index (κ3) is 6.03. The molecule has 25 heavy (non-hydrogen) atoms. The number of ether oxygens (including phenoxy) is 1. The van der Waals surface area contributed by atoms with Crippen molar-refractivity contribution in [3.8, 4) is 5.88 Å². The van der Waals surface area contributed by atoms with Crippen LogP contribution in [0.3, 0.4) is 0 Å². The van der Waals surface area contributed by atoms with E-state index in [1.54, 1.807) is 12.3 Å². The van der Waals surface area contributed by atoms with Crippen molar-refractivity contribution in [2.24, 2.45) is 0 Å². The second-order valence-corrected chi connectivity index (χ2v) is 6.25. The van der Waals surface area contributed by atoms with Crippen molar-refractivity contribution in [3.05, 3.63) is 60.0 Å². The molecule has 3 heterocycles. The lowest BCUT2D eigenvalue weighted by atomic mass is 10.0. The Morgan fingerprint density at radius 1 is 1.44 bits per heavy atom. The van der Waals surface area contributed by atoms with Crippen LogP contribution in [0.25, 0.3) is 0 Å². The van der Waals surface area contributed by atoms with E-state index in [-0.39, 0.29) is 6.10 Å². The highest BCUT2D eigenvalue weighted by atomic mass is 35.5. The van der Waals surface area contributed by atoms with E-state index >= 15 is 0 Å². The fourth-order valence-electron chi connectivity index (χ4n) is 2.41. The first-order valence-corrected chi connectivity index (χ1v) is 8.76. The molecule has 3 rings (SSSR count). The number of allylic oxidation sites excluding steroid dienone is 1. The van der Waals surface area contributed by atoms with Gasteiger partial charge in [0.15, 0.2) is 0 Å². The minimum Gasteiger partial charge on any atom is -0.470 e. The first-order valence-electron chi connectivity index (χ1n) is 8.38. The monoisotopic (exact) mass is 360 g/mol. The van der Waals surface area contributed by atoms with Crippen LogP contribution in [-0.2, 0) is 0 Å². The summed E-state index contributed by atoms with van der Waals surface area (Å²) < 4.78 is 5.87. The van der Waals surface area contributed by atoms with Gasteiger partial charge in [0.1, 0.15) is 11.3 Å². The average molecular weight is 361 g/mol. The van der Waals surface area contributed by atoms with E-state index < -0.39 is 0 Å². The van der Waals surface area contributed by atoms with Gasteiger partial charge in [0.05, 0.1) is 12.2 Å². The van der Waals surface area contributed by atoms with Gasteiger partial charge in [0.25, 0.3) is 0 Å². The number of halogens is 1. The van der Waals surface area contributed by atoms with Gasteiger partial charge in [-0.05, 0) is 36.6 Å². The summed E-state index contributed by atoms with van der Waals surface area (Å²) in [5, 5.41) is 7.31. The number of hydrogen-bond donors (Lipinski definition) is 2. The maximum absolute atomic E-state index is 5.87. The van der Waals surface area contributed by atoms with Gasteiger partial charge in [-0.15, -0.1) is 6.58 Å². The van der Waals surface area contributed by atoms with Crippen LogP contribution in [0.5, 0.6) is 5.88 Å². The van der Waals surface area contributed by atoms with Gasteiger partial charge in [0.2, 0.25) is 5.88 Å². The molecule has 1 aliphatic rings. The first-order chi connectivity index (χ1) is 12.1. The van der Waals surface area contributed by atoms with Gasteiger partial charge >= 0.3 is 0 Å². The van der Waals surface area contributed by atoms with Gasteiger partial charge < -0.3 is 15.4 Å². The number of nitrogens with one attached hydrogen (secondary N) is 2. The predicted molar refractivity (Wildman–Crippen MR) is 104 cm³/mol. The molecule has 5 nitrogen and oxygen atoms in total. The lowest BCUT2D eigenvalue weighted by molar-refractivity contribution is 0.193. The summed E-state index contributed by atoms with van der Waals surface area (Å²) in [4.78, 5) is 8.35. The largest absolute Gasteiger partial charge is 0.470 e. The molecule has 0 aliphatic carbocycles. The molecule has 0 saturated heterocycles. The van der Waals surface area contributed by atoms with E-state index in [9.17, 15) is 0 Å². The second kappa shape index (κ2) is 10.0. The third-order valence-corrected chi connectivity index (χ3v) is 3.94. The van der Waals surface area contributed by atoms with E-state index in [0.717, 1.165) is 25.3 Å². The van der Waals surface area contributed by atoms with Crippen molar-refractivity contribution in [1.29, 1.82) is 0 Å². The van der Waals surface area contributed by atoms with E-state index in [1.807, 2.05) is 37.4 Å². The van der Waals surface area contributed by atoms with Crippen LogP contribution < -0.4 is 15.4 Å². The molecular weight excluding hydrogens is 336 g/mol. The Kier molecular flexibility index (Phi) is 7.70. The lowest BCUT2D eigenvalue weighted by Gasteiger charge is -2.26. The molecule has 2 unspecified atom stereocenters. The Balaban J connectivity index is 0.000000701. The average Bonchev–Trinajstić information content (AvgIpc) is 2.63. The first kappa shape index (κ1) is 19.2. The molecular formula is C19H25ClN4O. The zero-order chi connectivity index (χ0) is 18.1. The SMILES string of the molecule is C=CC.CC(CNCC1CNc2cccnc2O1)c1ccc(Cl)nc1. The van der Waals surface area contributed by atoms with Crippen LogP contribution in [0.1, 0.15) is 25.3 Å². The third-order valence-electron chi connectivity index (χ3n) is 3.71. The van der Waals surface area contributed by atoms with Crippen LogP contribution >= 0.6 is 11.6 Å². The molecule has 2 aromatic rings. The summed E-state index contributed by atoms with van der Waals surface area (Å²) in [5.74, 6) is 1.04. The number of anilines is 1. The number of nitrogens with zero attached hydrogens (tertiary/aromatic N) is 2. The standard InChI is InChI=1S/C16H19ClN4O.C3H6/c1-11(12-4-5-15(17)21-8-12)7-18-9-13-10-20-14-3-2-6-19-16(14)22-13;1-3-2/h2-6,8,11,13,18,20H,7,9-10H2,1H3;3H,1H2,2H3. The van der Waals surface area contributed by atoms with Gasteiger partial charge in [-0.2, -0.15) is 0 Å². The summed E-state index contributed by atoms with van der Waals surface area (Å²) in [5.41, 5.74) is 2.13. The van der Waals surface area contributed by atoms with Crippen LogP contribution in [0.4, 0.5) is 5.69 Å². The quantitative estimate of drug-likeness (QED) is 0.625. The van der Waals surface area contributed by atoms with Crippen LogP contribution in [-0.4, -0.2) is 35.7 Å². The Bertz CT molecular complexity index is 663. The van der Waals surface area contributed by atoms with E-state index in [4.69, 9.17) is 16.3 Å². The molecule has 0 radical (unpaired) electrons. The van der Waals surface area contributed by atoms with Crippen LogP contribution in [0.2, 0.25) is 5.15 Å². The number of rotatable bonds is 5. The molecule has 0 amide bonds. The molecule has 0 aromatic carbocycles. The van der Waals surface area contributed by atoms with Crippen molar-refractivity contribution in [1.82, 2.24) is 15.3 Å². The molecule has 1 aliphatic heterocycles. The molecule has 0 spiro atoms. The highest BCUT2D eigenvalue weighted by Crippen LogP contribution is 2.25. The molecule has 134 valence electrons. The Hall–Kier alpha value is -2.11. The summed E-state index contributed by atoms with van der Waals surface area (Å²) in [6, 6.07) is 7.71. The zero-order valence-electron chi connectivity index (χ0n) is 14.7. The number of aromatic nitrogens is 2. The van der Waals surface area contributed by atoms with Gasteiger partial charge in [0, 0.05) is 25.5 Å². The maximum Gasteiger partial charge on any atom is 0.237 e. The van der Waals surface area contributed by atoms with E-state index in [0.29, 0.717) is 17.0 Å². The van der Waals surface area contributed by atoms with Crippen molar-refractivity contribution in [2.45, 2.75) is 25.9 Å². The number of hydrogen-bond acceptors (Lipinski definition) is 5. The highest BCUT2D eigenvalue weighted by molar-refractivity contribution is 6.29. The normalized spacial score (nSPS) is 16.4. The predicted octanol–water partition coefficient (Wildman–Crippen LogP) is 3.89. The Labute approximate surface area is 154 Å². The van der Waals surface area contributed by atoms with Crippen LogP contribution in [0.15, 0.2) is 49.3 Å². The Morgan fingerprint density at radius 3 is 2.96 bits per heavy atom. The maximum atomic E-state index is 5.87. The molecule has 0 fully saturated rings. The molecule has 2 aromatic heterocycles. The molecule has 2 atom stereocenters. The topological polar surface area (TPSA) is 59.1 Å². The molecule has 0 saturated carbocycles. The van der Waals surface area contributed by atoms with Crippen molar-refractivity contribution in [2.75, 3.05) is 25.0 Å². The number of pyridine rings is 2. The fourth-order valence-corrected chi connectivity index (χ4v) is 2.53. The smallest absolute Gasteiger partial charge is 0.237 e. The summed E-state index contributed by atoms with van der Waals surface area (Å²) in [7, 11) is 0. The van der Waals surface area contributed by atoms with Crippen LogP contribution in [0, 0.1) is 0 Å². The highest BCUT2D eigenvalue weighted by Gasteiger charge is 2.19. The van der Waals surface area contributed by atoms with Gasteiger partial charge in [-0.25, -0.2) is 9.97 Å². The fraction of sp³-hybridized carbons (Fsp3) is 0.368. The van der Waals surface area contributed by atoms with Gasteiger partial charge in [-0.1, -0.05) is 30.7 Å². The minimum absolute atomic E-state index is 0.0814. The van der Waals surface area contributed by atoms with E-state index in [1.165, 1.54) is 5.56 Å². The summed E-state index contributed by atoms with van der Waals surface area (Å²) in [6.45, 7) is 9.82. The second-order valence-electron chi connectivity index (χ2n) is 5.86. The number of fused-ring (bicyclic) bond motifs is 1. The summed E-state index contributed by atoms with van der Waals surface area (Å²) >= 11 is 5.81. The zero-order valence-corrected chi connectivity index (χ0v) is 15.5. The van der Waals surface area contributed by atoms with Crippen molar-refractivity contribution < 1.29 is 4.74 Å². The molecule has 2 N–H and O–H groups in total. The molecule has 0 bridgehead atoms. The van der Waals surface area contributed by atoms with E-state index in [2.05, 4.69) is 34.1 Å². The summed E-state index contributed by atoms with van der Waals surface area (Å²) in [6.07, 6.45) is 5.40. The Morgan fingerprint density at radius 2 is 2.24 bits per heavy atom. The van der Waals surface area contributed by atoms with Crippen molar-refractivity contribution in [3.63, 3.8) is 0 Å². The van der Waals surface area contributed by atoms with Crippen molar-refractivity contribution >= 4 is 17.3 Å². The minimum atomic E-state index is 0.0814. The molecule has 6 heteroatoms. The lowest BCUT2D eigenvalue weighted by Crippen LogP contribution is -2.40. The van der Waals surface area contributed by atoms with Gasteiger partial charge in [-0.3, -0.25) is 0 Å².